The van der Waals surface area contributed by atoms with Gasteiger partial charge in [-0.1, -0.05) is 20.8 Å². The lowest BCUT2D eigenvalue weighted by Gasteiger charge is -2.06. The van der Waals surface area contributed by atoms with Crippen LogP contribution in [0.3, 0.4) is 0 Å². The van der Waals surface area contributed by atoms with Crippen LogP contribution in [0, 0.1) is 5.92 Å². The molecule has 1 aromatic heterocycles. The maximum Gasteiger partial charge on any atom is 0.350 e. The van der Waals surface area contributed by atoms with Crippen molar-refractivity contribution in [3.63, 3.8) is 0 Å². The third-order valence-electron chi connectivity index (χ3n) is 2.35. The smallest absolute Gasteiger partial charge is 0.350 e. The maximum absolute atomic E-state index is 11.6. The van der Waals surface area contributed by atoms with Gasteiger partial charge in [0, 0.05) is 18.9 Å². The summed E-state index contributed by atoms with van der Waals surface area (Å²) < 4.78 is 5.03. The van der Waals surface area contributed by atoms with Crippen molar-refractivity contribution in [2.75, 3.05) is 0 Å². The van der Waals surface area contributed by atoms with E-state index in [1.54, 1.807) is 0 Å². The van der Waals surface area contributed by atoms with Gasteiger partial charge in [-0.05, 0) is 12.3 Å². The fraction of sp³-hybridized carbons (Fsp3) is 0.538. The lowest BCUT2D eigenvalue weighted by atomic mass is 10.1. The summed E-state index contributed by atoms with van der Waals surface area (Å²) in [5.74, 6) is 0.0930. The Hall–Kier alpha value is -1.58. The van der Waals surface area contributed by atoms with Gasteiger partial charge in [0.1, 0.15) is 17.1 Å². The van der Waals surface area contributed by atoms with E-state index in [0.29, 0.717) is 24.5 Å². The van der Waals surface area contributed by atoms with Gasteiger partial charge in [0.15, 0.2) is 5.78 Å². The molecular weight excluding hydrogens is 220 g/mol. The second kappa shape index (κ2) is 5.66. The molecule has 0 aliphatic heterocycles. The first-order valence-electron chi connectivity index (χ1n) is 5.84. The number of carbonyl (C=O) groups is 1. The van der Waals surface area contributed by atoms with E-state index in [0.717, 1.165) is 0 Å². The topological polar surface area (TPSA) is 67.5 Å². The number of aromatic hydroxyl groups is 1. The van der Waals surface area contributed by atoms with Crippen LogP contribution in [0.1, 0.15) is 49.7 Å². The van der Waals surface area contributed by atoms with Crippen LogP contribution < -0.4 is 5.63 Å². The van der Waals surface area contributed by atoms with Crippen LogP contribution in [-0.4, -0.2) is 10.9 Å². The molecule has 0 aliphatic carbocycles. The Balaban J connectivity index is 3.11. The SMILES string of the molecule is CCCC(=O)c1c(O)cc(CC(C)C)oc1=O. The first kappa shape index (κ1) is 13.5. The average Bonchev–Trinajstić information content (AvgIpc) is 2.15. The van der Waals surface area contributed by atoms with Gasteiger partial charge in [0.05, 0.1) is 0 Å². The van der Waals surface area contributed by atoms with E-state index in [9.17, 15) is 14.7 Å². The van der Waals surface area contributed by atoms with Gasteiger partial charge in [-0.3, -0.25) is 4.79 Å². The van der Waals surface area contributed by atoms with Crippen molar-refractivity contribution >= 4 is 5.78 Å². The van der Waals surface area contributed by atoms with E-state index >= 15 is 0 Å². The molecule has 0 bridgehead atoms. The molecule has 0 aliphatic rings. The third kappa shape index (κ3) is 3.44. The molecular formula is C13H18O4. The van der Waals surface area contributed by atoms with Gasteiger partial charge in [-0.15, -0.1) is 0 Å². The maximum atomic E-state index is 11.6. The van der Waals surface area contributed by atoms with Crippen molar-refractivity contribution in [3.05, 3.63) is 27.8 Å². The summed E-state index contributed by atoms with van der Waals surface area (Å²) in [5.41, 5.74) is -0.960. The number of hydrogen-bond acceptors (Lipinski definition) is 4. The molecule has 0 amide bonds. The zero-order valence-corrected chi connectivity index (χ0v) is 10.4. The van der Waals surface area contributed by atoms with Crippen LogP contribution in [0.5, 0.6) is 5.75 Å². The van der Waals surface area contributed by atoms with Crippen LogP contribution in [0.4, 0.5) is 0 Å². The molecule has 4 nitrogen and oxygen atoms in total. The Morgan fingerprint density at radius 2 is 2.12 bits per heavy atom. The molecule has 94 valence electrons. The highest BCUT2D eigenvalue weighted by Crippen LogP contribution is 2.19. The van der Waals surface area contributed by atoms with Gasteiger partial charge in [0.25, 0.3) is 0 Å². The lowest BCUT2D eigenvalue weighted by Crippen LogP contribution is -2.15. The van der Waals surface area contributed by atoms with Gasteiger partial charge in [-0.2, -0.15) is 0 Å². The molecule has 1 rings (SSSR count). The fourth-order valence-electron chi connectivity index (χ4n) is 1.64. The Bertz CT molecular complexity index is 457. The van der Waals surface area contributed by atoms with Crippen LogP contribution in [0.2, 0.25) is 0 Å². The largest absolute Gasteiger partial charge is 0.507 e. The summed E-state index contributed by atoms with van der Waals surface area (Å²) in [6, 6.07) is 1.37. The fourth-order valence-corrected chi connectivity index (χ4v) is 1.64. The molecule has 0 saturated heterocycles. The molecule has 17 heavy (non-hydrogen) atoms. The molecule has 1 N–H and O–H groups in total. The molecule has 0 aromatic carbocycles. The standard InChI is InChI=1S/C13H18O4/c1-4-5-10(14)12-11(15)7-9(6-8(2)3)17-13(12)16/h7-8,15H,4-6H2,1-3H3. The van der Waals surface area contributed by atoms with E-state index in [1.165, 1.54) is 6.07 Å². The minimum Gasteiger partial charge on any atom is -0.507 e. The van der Waals surface area contributed by atoms with Crippen LogP contribution in [-0.2, 0) is 6.42 Å². The summed E-state index contributed by atoms with van der Waals surface area (Å²) in [6.45, 7) is 5.80. The van der Waals surface area contributed by atoms with Gasteiger partial charge in [-0.25, -0.2) is 4.79 Å². The van der Waals surface area contributed by atoms with E-state index in [-0.39, 0.29) is 23.5 Å². The summed E-state index contributed by atoms with van der Waals surface area (Å²) in [4.78, 5) is 23.2. The van der Waals surface area contributed by atoms with Crippen molar-refractivity contribution in [1.29, 1.82) is 0 Å². The second-order valence-corrected chi connectivity index (χ2v) is 4.53. The van der Waals surface area contributed by atoms with E-state index in [1.807, 2.05) is 20.8 Å². The number of carbonyl (C=O) groups excluding carboxylic acids is 1. The molecule has 0 radical (unpaired) electrons. The summed E-state index contributed by atoms with van der Waals surface area (Å²) in [7, 11) is 0. The van der Waals surface area contributed by atoms with E-state index in [2.05, 4.69) is 0 Å². The summed E-state index contributed by atoms with van der Waals surface area (Å²) >= 11 is 0. The first-order chi connectivity index (χ1) is 7.95. The van der Waals surface area contributed by atoms with Crippen molar-refractivity contribution in [2.24, 2.45) is 5.92 Å². The zero-order chi connectivity index (χ0) is 13.0. The molecule has 0 saturated carbocycles. The number of Topliss-reactive ketones (excluding diaryl/α,β-unsaturated/α-hetero) is 1. The number of hydrogen-bond donors (Lipinski definition) is 1. The van der Waals surface area contributed by atoms with Gasteiger partial charge < -0.3 is 9.52 Å². The first-order valence-corrected chi connectivity index (χ1v) is 5.84. The van der Waals surface area contributed by atoms with Gasteiger partial charge >= 0.3 is 5.63 Å². The Morgan fingerprint density at radius 3 is 2.59 bits per heavy atom. The van der Waals surface area contributed by atoms with E-state index < -0.39 is 5.63 Å². The third-order valence-corrected chi connectivity index (χ3v) is 2.35. The molecule has 1 aromatic rings. The predicted molar refractivity (Wildman–Crippen MR) is 64.4 cm³/mol. The minimum atomic E-state index is -0.737. The highest BCUT2D eigenvalue weighted by molar-refractivity contribution is 5.97. The van der Waals surface area contributed by atoms with Crippen molar-refractivity contribution in [1.82, 2.24) is 0 Å². The monoisotopic (exact) mass is 238 g/mol. The second-order valence-electron chi connectivity index (χ2n) is 4.53. The molecule has 0 fully saturated rings. The Labute approximate surface area is 100 Å². The van der Waals surface area contributed by atoms with Crippen molar-refractivity contribution in [2.45, 2.75) is 40.0 Å². The summed E-state index contributed by atoms with van der Waals surface area (Å²) in [6.07, 6.45) is 1.43. The van der Waals surface area contributed by atoms with Crippen LogP contribution in [0.25, 0.3) is 0 Å². The van der Waals surface area contributed by atoms with Crippen LogP contribution in [0.15, 0.2) is 15.3 Å². The van der Waals surface area contributed by atoms with Crippen LogP contribution >= 0.6 is 0 Å². The molecule has 1 heterocycles. The Kier molecular flexibility index (Phi) is 4.49. The zero-order valence-electron chi connectivity index (χ0n) is 10.4. The average molecular weight is 238 g/mol. The van der Waals surface area contributed by atoms with Gasteiger partial charge in [0.2, 0.25) is 0 Å². The van der Waals surface area contributed by atoms with Crippen molar-refractivity contribution in [3.8, 4) is 5.75 Å². The Morgan fingerprint density at radius 1 is 1.47 bits per heavy atom. The predicted octanol–water partition coefficient (Wildman–Crippen LogP) is 2.53. The normalized spacial score (nSPS) is 10.8. The highest BCUT2D eigenvalue weighted by Gasteiger charge is 2.18. The molecule has 0 spiro atoms. The highest BCUT2D eigenvalue weighted by atomic mass is 16.4. The molecule has 0 atom stereocenters. The summed E-state index contributed by atoms with van der Waals surface area (Å²) in [5, 5.41) is 9.70. The number of rotatable bonds is 5. The van der Waals surface area contributed by atoms with E-state index in [4.69, 9.17) is 4.42 Å². The quantitative estimate of drug-likeness (QED) is 0.800. The molecule has 0 unspecified atom stereocenters. The minimum absolute atomic E-state index is 0.223. The molecule has 4 heteroatoms. The van der Waals surface area contributed by atoms with Crippen molar-refractivity contribution < 1.29 is 14.3 Å². The number of ketones is 1. The lowest BCUT2D eigenvalue weighted by molar-refractivity contribution is 0.0974.